The number of rotatable bonds is 5. The zero-order chi connectivity index (χ0) is 22.6. The molecule has 0 bridgehead atoms. The van der Waals surface area contributed by atoms with Crippen LogP contribution in [0.2, 0.25) is 0 Å². The van der Waals surface area contributed by atoms with E-state index in [2.05, 4.69) is 0 Å². The lowest BCUT2D eigenvalue weighted by Crippen LogP contribution is -2.39. The molecule has 0 aromatic heterocycles. The summed E-state index contributed by atoms with van der Waals surface area (Å²) in [5.41, 5.74) is -0.572. The lowest BCUT2D eigenvalue weighted by atomic mass is 9.90. The van der Waals surface area contributed by atoms with Crippen LogP contribution in [0.1, 0.15) is 48.0 Å². The first-order chi connectivity index (χ1) is 13.1. The maximum atomic E-state index is 11.5. The largest absolute Gasteiger partial charge is 0.297 e. The van der Waals surface area contributed by atoms with Gasteiger partial charge in [0.25, 0.3) is 23.6 Å². The number of hydrogen-bond donors (Lipinski definition) is 0. The highest BCUT2D eigenvalue weighted by Gasteiger charge is 2.30. The summed E-state index contributed by atoms with van der Waals surface area (Å²) in [5.74, 6) is -1.42. The number of carbonyl (C=O) groups is 5. The lowest BCUT2D eigenvalue weighted by Gasteiger charge is -2.22. The Morgan fingerprint density at radius 3 is 1.48 bits per heavy atom. The van der Waals surface area contributed by atoms with Gasteiger partial charge < -0.3 is 0 Å². The van der Waals surface area contributed by atoms with Gasteiger partial charge >= 0.3 is 0 Å². The quantitative estimate of drug-likeness (QED) is 0.500. The SMILES string of the molecule is CC(C)(C)C(=O)CN1C(=O)C=CC1=O.CC(C)(C)C(=S)CCN1C(=O)C=CC1=O. The fourth-order valence-corrected chi connectivity index (χ4v) is 2.30. The van der Waals surface area contributed by atoms with Gasteiger partial charge in [-0.15, -0.1) is 0 Å². The number of carbonyl (C=O) groups excluding carboxylic acids is 5. The van der Waals surface area contributed by atoms with Crippen LogP contribution in [0.25, 0.3) is 0 Å². The minimum atomic E-state index is -0.525. The minimum Gasteiger partial charge on any atom is -0.297 e. The predicted molar refractivity (Wildman–Crippen MR) is 113 cm³/mol. The van der Waals surface area contributed by atoms with E-state index in [-0.39, 0.29) is 29.6 Å². The smallest absolute Gasteiger partial charge is 0.254 e. The normalized spacial score (nSPS) is 16.5. The predicted octanol–water partition coefficient (Wildman–Crippen LogP) is 2.24. The second kappa shape index (κ2) is 9.35. The molecule has 7 nitrogen and oxygen atoms in total. The highest BCUT2D eigenvalue weighted by atomic mass is 32.1. The van der Waals surface area contributed by atoms with Crippen LogP contribution >= 0.6 is 12.2 Å². The van der Waals surface area contributed by atoms with Gasteiger partial charge in [-0.3, -0.25) is 33.8 Å². The van der Waals surface area contributed by atoms with E-state index in [9.17, 15) is 24.0 Å². The summed E-state index contributed by atoms with van der Waals surface area (Å²) in [7, 11) is 0. The molecule has 0 unspecified atom stereocenters. The molecule has 0 fully saturated rings. The van der Waals surface area contributed by atoms with Gasteiger partial charge in [0.05, 0.1) is 6.54 Å². The Balaban J connectivity index is 0.000000291. The first-order valence-corrected chi connectivity index (χ1v) is 9.69. The molecule has 0 aliphatic carbocycles. The van der Waals surface area contributed by atoms with Crippen molar-refractivity contribution in [3.8, 4) is 0 Å². The van der Waals surface area contributed by atoms with Crippen LogP contribution in [0.5, 0.6) is 0 Å². The van der Waals surface area contributed by atoms with E-state index in [1.165, 1.54) is 29.2 Å². The maximum absolute atomic E-state index is 11.5. The molecule has 0 N–H and O–H groups in total. The van der Waals surface area contributed by atoms with Crippen LogP contribution < -0.4 is 0 Å². The fourth-order valence-electron chi connectivity index (χ4n) is 2.21. The molecule has 158 valence electrons. The Bertz CT molecular complexity index is 761. The molecule has 2 heterocycles. The van der Waals surface area contributed by atoms with Crippen molar-refractivity contribution in [1.29, 1.82) is 0 Å². The Hall–Kier alpha value is -2.48. The zero-order valence-electron chi connectivity index (χ0n) is 17.8. The zero-order valence-corrected chi connectivity index (χ0v) is 18.6. The molecule has 4 amide bonds. The van der Waals surface area contributed by atoms with E-state index < -0.39 is 17.2 Å². The molecule has 0 saturated heterocycles. The topological polar surface area (TPSA) is 91.8 Å². The van der Waals surface area contributed by atoms with Crippen molar-refractivity contribution in [2.75, 3.05) is 13.1 Å². The van der Waals surface area contributed by atoms with E-state index in [4.69, 9.17) is 12.2 Å². The molecule has 0 spiro atoms. The van der Waals surface area contributed by atoms with E-state index in [1.54, 1.807) is 20.8 Å². The highest BCUT2D eigenvalue weighted by molar-refractivity contribution is 7.80. The van der Waals surface area contributed by atoms with Crippen LogP contribution in [0.4, 0.5) is 0 Å². The Labute approximate surface area is 176 Å². The average molecular weight is 421 g/mol. The van der Waals surface area contributed by atoms with Crippen LogP contribution in [-0.4, -0.2) is 57.2 Å². The summed E-state index contributed by atoms with van der Waals surface area (Å²) < 4.78 is 0. The monoisotopic (exact) mass is 420 g/mol. The van der Waals surface area contributed by atoms with Gasteiger partial charge in [-0.05, 0) is 16.7 Å². The summed E-state index contributed by atoms with van der Waals surface area (Å²) in [6.45, 7) is 11.6. The highest BCUT2D eigenvalue weighted by Crippen LogP contribution is 2.19. The van der Waals surface area contributed by atoms with Gasteiger partial charge in [0.2, 0.25) is 0 Å². The lowest BCUT2D eigenvalue weighted by molar-refractivity contribution is -0.142. The van der Waals surface area contributed by atoms with Crippen molar-refractivity contribution < 1.29 is 24.0 Å². The molecule has 0 aromatic rings. The number of Topliss-reactive ketones (excluding diaryl/α,β-unsaturated/α-hetero) is 1. The molecule has 0 saturated carbocycles. The average Bonchev–Trinajstić information content (AvgIpc) is 3.07. The van der Waals surface area contributed by atoms with Gasteiger partial charge in [-0.1, -0.05) is 53.8 Å². The third kappa shape index (κ3) is 7.12. The molecule has 0 aromatic carbocycles. The Kier molecular flexibility index (Phi) is 7.91. The fraction of sp³-hybridized carbons (Fsp3) is 0.524. The second-order valence-corrected chi connectivity index (χ2v) is 9.35. The van der Waals surface area contributed by atoms with Crippen molar-refractivity contribution >= 4 is 46.5 Å². The van der Waals surface area contributed by atoms with Crippen molar-refractivity contribution in [2.45, 2.75) is 48.0 Å². The Morgan fingerprint density at radius 1 is 0.759 bits per heavy atom. The van der Waals surface area contributed by atoms with Gasteiger partial charge in [0.1, 0.15) is 0 Å². The molecule has 29 heavy (non-hydrogen) atoms. The molecular weight excluding hydrogens is 392 g/mol. The number of amides is 4. The van der Waals surface area contributed by atoms with Crippen LogP contribution in [0.15, 0.2) is 24.3 Å². The van der Waals surface area contributed by atoms with Gasteiger partial charge in [-0.25, -0.2) is 0 Å². The van der Waals surface area contributed by atoms with E-state index in [0.717, 1.165) is 9.76 Å². The number of hydrogen-bond acceptors (Lipinski definition) is 6. The summed E-state index contributed by atoms with van der Waals surface area (Å²) in [6.07, 6.45) is 5.54. The number of nitrogens with zero attached hydrogens (tertiary/aromatic N) is 2. The van der Waals surface area contributed by atoms with Crippen molar-refractivity contribution in [2.24, 2.45) is 10.8 Å². The maximum Gasteiger partial charge on any atom is 0.254 e. The van der Waals surface area contributed by atoms with Gasteiger partial charge in [0, 0.05) is 36.3 Å². The second-order valence-electron chi connectivity index (χ2n) is 8.85. The number of ketones is 1. The first-order valence-electron chi connectivity index (χ1n) is 9.28. The van der Waals surface area contributed by atoms with Crippen LogP contribution in [0, 0.1) is 10.8 Å². The summed E-state index contributed by atoms with van der Waals surface area (Å²) >= 11 is 5.23. The first kappa shape index (κ1) is 24.6. The van der Waals surface area contributed by atoms with Crippen molar-refractivity contribution in [1.82, 2.24) is 9.80 Å². The Morgan fingerprint density at radius 2 is 1.14 bits per heavy atom. The van der Waals surface area contributed by atoms with E-state index >= 15 is 0 Å². The number of imide groups is 2. The van der Waals surface area contributed by atoms with Crippen LogP contribution in [-0.2, 0) is 24.0 Å². The van der Waals surface area contributed by atoms with Crippen molar-refractivity contribution in [3.63, 3.8) is 0 Å². The summed E-state index contributed by atoms with van der Waals surface area (Å²) in [5, 5.41) is 0. The summed E-state index contributed by atoms with van der Waals surface area (Å²) in [4.78, 5) is 59.3. The summed E-state index contributed by atoms with van der Waals surface area (Å²) in [6, 6.07) is 0. The molecular formula is C21H28N2O5S. The van der Waals surface area contributed by atoms with Crippen LogP contribution in [0.3, 0.4) is 0 Å². The van der Waals surface area contributed by atoms with Gasteiger partial charge in [-0.2, -0.15) is 0 Å². The molecule has 2 aliphatic heterocycles. The van der Waals surface area contributed by atoms with E-state index in [0.29, 0.717) is 13.0 Å². The van der Waals surface area contributed by atoms with Crippen molar-refractivity contribution in [3.05, 3.63) is 24.3 Å². The number of thiocarbonyl (C=S) groups is 1. The standard InChI is InChI=1S/C11H15NO2S.C10H13NO3/c1-11(2,3)8(15)6-7-12-9(13)4-5-10(12)14;1-10(2,3)7(12)6-11-8(13)4-5-9(11)14/h4-5H,6-7H2,1-3H3;4-5H,6H2,1-3H3. The van der Waals surface area contributed by atoms with Gasteiger partial charge in [0.15, 0.2) is 5.78 Å². The molecule has 8 heteroatoms. The third-order valence-corrected chi connectivity index (χ3v) is 5.15. The molecule has 0 atom stereocenters. The molecule has 0 radical (unpaired) electrons. The molecule has 2 rings (SSSR count). The minimum absolute atomic E-state index is 0.0470. The third-order valence-electron chi connectivity index (χ3n) is 4.34. The molecule has 2 aliphatic rings. The van der Waals surface area contributed by atoms with E-state index in [1.807, 2.05) is 20.8 Å².